The molecule has 46 heavy (non-hydrogen) atoms. The first kappa shape index (κ1) is 37.1. The van der Waals surface area contributed by atoms with E-state index in [1.807, 2.05) is 0 Å². The van der Waals surface area contributed by atoms with Crippen molar-refractivity contribution in [2.45, 2.75) is 97.8 Å². The molecule has 2 N–H and O–H groups in total. The van der Waals surface area contributed by atoms with Crippen LogP contribution in [0.15, 0.2) is 0 Å². The maximum Gasteiger partial charge on any atom is 0.325 e. The Balaban J connectivity index is 0.000000503. The Morgan fingerprint density at radius 2 is 1.22 bits per heavy atom. The van der Waals surface area contributed by atoms with Crippen LogP contribution in [-0.4, -0.2) is 56.4 Å². The highest BCUT2D eigenvalue weighted by Gasteiger charge is 2.43. The van der Waals surface area contributed by atoms with Gasteiger partial charge in [-0.15, -0.1) is 0 Å². The van der Waals surface area contributed by atoms with Crippen LogP contribution in [0.5, 0.6) is 0 Å². The van der Waals surface area contributed by atoms with Crippen molar-refractivity contribution in [3.63, 3.8) is 0 Å². The normalized spacial score (nSPS) is 31.1. The molecule has 5 aliphatic rings. The van der Waals surface area contributed by atoms with Crippen LogP contribution >= 0.6 is 0 Å². The van der Waals surface area contributed by atoms with Gasteiger partial charge in [0.2, 0.25) is 0 Å². The molecule has 4 bridgehead atoms. The number of imide groups is 1. The first-order valence-corrected chi connectivity index (χ1v) is 17.7. The van der Waals surface area contributed by atoms with E-state index in [2.05, 4.69) is 27.0 Å². The largest absolute Gasteiger partial charge is 0.428 e. The van der Waals surface area contributed by atoms with Gasteiger partial charge in [0, 0.05) is 19.6 Å². The van der Waals surface area contributed by atoms with Crippen molar-refractivity contribution in [1.29, 1.82) is 15.8 Å². The Morgan fingerprint density at radius 3 is 1.67 bits per heavy atom. The van der Waals surface area contributed by atoms with E-state index in [0.717, 1.165) is 43.4 Å². The number of carbonyl (C=O) groups excluding carboxylic acids is 2. The SMILES string of the molecule is CC1CC(CCCOC#N)C(CNC(=O)N(CC2CC3CCC2C3)C(=O)NCC2CC3CCC2C3)C1.CCOC#N.CCOC#N. The van der Waals surface area contributed by atoms with Gasteiger partial charge >= 0.3 is 12.1 Å². The molecule has 5 rings (SSSR count). The van der Waals surface area contributed by atoms with E-state index in [4.69, 9.17) is 20.5 Å². The topological polar surface area (TPSA) is 160 Å². The van der Waals surface area contributed by atoms with Crippen LogP contribution in [0, 0.1) is 87.8 Å². The first-order chi connectivity index (χ1) is 22.3. The average Bonchev–Trinajstić information content (AvgIpc) is 3.90. The fourth-order valence-electron chi connectivity index (χ4n) is 9.06. The summed E-state index contributed by atoms with van der Waals surface area (Å²) in [5.41, 5.74) is 0. The lowest BCUT2D eigenvalue weighted by Gasteiger charge is -2.30. The number of ether oxygens (including phenoxy) is 3. The summed E-state index contributed by atoms with van der Waals surface area (Å²) in [6.07, 6.45) is 19.2. The molecule has 5 saturated carbocycles. The number of hydrogen-bond donors (Lipinski definition) is 2. The Kier molecular flexibility index (Phi) is 16.1. The lowest BCUT2D eigenvalue weighted by Crippen LogP contribution is -2.52. The number of carbonyl (C=O) groups is 2. The predicted molar refractivity (Wildman–Crippen MR) is 172 cm³/mol. The van der Waals surface area contributed by atoms with Gasteiger partial charge in [0.05, 0.1) is 13.2 Å². The molecule has 0 heterocycles. The molecule has 9 atom stereocenters. The summed E-state index contributed by atoms with van der Waals surface area (Å²) in [4.78, 5) is 28.3. The molecule has 0 spiro atoms. The Hall–Kier alpha value is -3.39. The van der Waals surface area contributed by atoms with Gasteiger partial charge < -0.3 is 24.8 Å². The number of nitriles is 3. The van der Waals surface area contributed by atoms with Crippen LogP contribution < -0.4 is 10.6 Å². The van der Waals surface area contributed by atoms with E-state index >= 15 is 0 Å². The lowest BCUT2D eigenvalue weighted by atomic mass is 9.88. The van der Waals surface area contributed by atoms with Gasteiger partial charge in [-0.3, -0.25) is 0 Å². The van der Waals surface area contributed by atoms with Crippen molar-refractivity contribution in [1.82, 2.24) is 15.5 Å². The van der Waals surface area contributed by atoms with Crippen LogP contribution in [-0.2, 0) is 14.2 Å². The second kappa shape index (κ2) is 20.0. The number of fused-ring (bicyclic) bond motifs is 4. The molecule has 0 aromatic heterocycles. The van der Waals surface area contributed by atoms with Crippen LogP contribution in [0.2, 0.25) is 0 Å². The zero-order valence-corrected chi connectivity index (χ0v) is 28.3. The average molecular weight is 641 g/mol. The summed E-state index contributed by atoms with van der Waals surface area (Å²) in [5, 5.41) is 30.1. The highest BCUT2D eigenvalue weighted by molar-refractivity contribution is 5.93. The standard InChI is InChI=1S/C29H46N4O3.2C3H5NO/c1-19-9-22(3-2-8-36-18-30)25(10-19)15-31-28(34)33(17-27-14-21-5-7-24(27)12-21)29(35)32-16-26-13-20-4-6-23(26)11-20;2*1-2-5-3-4/h19-27H,2-17H2,1H3,(H,31,34)(H,32,35);2*2H2,1H3. The van der Waals surface area contributed by atoms with Crippen LogP contribution in [0.1, 0.15) is 97.8 Å². The van der Waals surface area contributed by atoms with Crippen LogP contribution in [0.4, 0.5) is 9.59 Å². The van der Waals surface area contributed by atoms with E-state index in [-0.39, 0.29) is 12.1 Å². The smallest absolute Gasteiger partial charge is 0.325 e. The fraction of sp³-hybridized carbons (Fsp3) is 0.857. The summed E-state index contributed by atoms with van der Waals surface area (Å²) >= 11 is 0. The summed E-state index contributed by atoms with van der Waals surface area (Å²) in [6.45, 7) is 9.16. The molecule has 4 amide bonds. The summed E-state index contributed by atoms with van der Waals surface area (Å²) in [5.74, 6) is 5.76. The quantitative estimate of drug-likeness (QED) is 0.180. The van der Waals surface area contributed by atoms with Crippen molar-refractivity contribution < 1.29 is 23.8 Å². The van der Waals surface area contributed by atoms with E-state index in [1.54, 1.807) is 20.1 Å². The molecule has 11 nitrogen and oxygen atoms in total. The van der Waals surface area contributed by atoms with E-state index in [9.17, 15) is 9.59 Å². The zero-order valence-electron chi connectivity index (χ0n) is 28.3. The molecule has 0 saturated heterocycles. The molecule has 11 heteroatoms. The highest BCUT2D eigenvalue weighted by Crippen LogP contribution is 2.49. The van der Waals surface area contributed by atoms with Crippen molar-refractivity contribution in [3.8, 4) is 18.8 Å². The van der Waals surface area contributed by atoms with Gasteiger partial charge in [-0.05, 0) is 131 Å². The number of amides is 4. The molecule has 0 aliphatic heterocycles. The third-order valence-electron chi connectivity index (χ3n) is 11.1. The van der Waals surface area contributed by atoms with Gasteiger partial charge in [-0.25, -0.2) is 14.5 Å². The maximum atomic E-state index is 13.4. The number of nitrogens with zero attached hydrogens (tertiary/aromatic N) is 4. The van der Waals surface area contributed by atoms with Crippen LogP contribution in [0.3, 0.4) is 0 Å². The monoisotopic (exact) mass is 640 g/mol. The van der Waals surface area contributed by atoms with Gasteiger partial charge in [-0.2, -0.15) is 15.8 Å². The lowest BCUT2D eigenvalue weighted by molar-refractivity contribution is 0.164. The summed E-state index contributed by atoms with van der Waals surface area (Å²) in [7, 11) is 0. The fourth-order valence-corrected chi connectivity index (χ4v) is 9.06. The molecular weight excluding hydrogens is 584 g/mol. The van der Waals surface area contributed by atoms with Crippen molar-refractivity contribution >= 4 is 12.1 Å². The van der Waals surface area contributed by atoms with E-state index < -0.39 is 0 Å². The molecule has 0 aromatic rings. The number of rotatable bonds is 12. The first-order valence-electron chi connectivity index (χ1n) is 17.7. The molecule has 9 unspecified atom stereocenters. The minimum Gasteiger partial charge on any atom is -0.428 e. The molecule has 0 aromatic carbocycles. The van der Waals surface area contributed by atoms with Gasteiger partial charge in [0.1, 0.15) is 6.61 Å². The Morgan fingerprint density at radius 1 is 0.696 bits per heavy atom. The predicted octanol–water partition coefficient (Wildman–Crippen LogP) is 6.53. The van der Waals surface area contributed by atoms with Crippen LogP contribution in [0.25, 0.3) is 0 Å². The van der Waals surface area contributed by atoms with Gasteiger partial charge in [0.15, 0.2) is 0 Å². The molecule has 256 valence electrons. The summed E-state index contributed by atoms with van der Waals surface area (Å²) < 4.78 is 13.1. The van der Waals surface area contributed by atoms with E-state index in [1.165, 1.54) is 68.8 Å². The maximum absolute atomic E-state index is 13.4. The minimum absolute atomic E-state index is 0.192. The zero-order chi connectivity index (χ0) is 33.3. The van der Waals surface area contributed by atoms with E-state index in [0.29, 0.717) is 75.0 Å². The number of nitrogens with one attached hydrogen (secondary N) is 2. The molecule has 5 fully saturated rings. The van der Waals surface area contributed by atoms with Crippen molar-refractivity contribution in [2.75, 3.05) is 39.5 Å². The minimum atomic E-state index is -0.214. The third kappa shape index (κ3) is 11.4. The number of hydrogen-bond acceptors (Lipinski definition) is 8. The highest BCUT2D eigenvalue weighted by atomic mass is 16.5. The van der Waals surface area contributed by atoms with Crippen molar-refractivity contribution in [3.05, 3.63) is 0 Å². The summed E-state index contributed by atoms with van der Waals surface area (Å²) in [6, 6.07) is -0.405. The molecular formula is C35H56N6O5. The second-order valence-corrected chi connectivity index (χ2v) is 14.1. The molecule has 0 radical (unpaired) electrons. The van der Waals surface area contributed by atoms with Gasteiger partial charge in [-0.1, -0.05) is 19.8 Å². The second-order valence-electron chi connectivity index (χ2n) is 14.1. The number of urea groups is 2. The Labute approximate surface area is 276 Å². The van der Waals surface area contributed by atoms with Crippen molar-refractivity contribution in [2.24, 2.45) is 53.3 Å². The third-order valence-corrected chi connectivity index (χ3v) is 11.1. The Bertz CT molecular complexity index is 1050. The molecule has 5 aliphatic carbocycles. The van der Waals surface area contributed by atoms with Gasteiger partial charge in [0.25, 0.3) is 18.8 Å².